The Morgan fingerprint density at radius 1 is 1.12 bits per heavy atom. The average Bonchev–Trinajstić information content (AvgIpc) is 3.11. The van der Waals surface area contributed by atoms with Crippen molar-refractivity contribution in [2.75, 3.05) is 6.54 Å². The van der Waals surface area contributed by atoms with Gasteiger partial charge in [0.15, 0.2) is 0 Å². The van der Waals surface area contributed by atoms with Crippen LogP contribution in [0.1, 0.15) is 16.8 Å². The highest BCUT2D eigenvalue weighted by Gasteiger charge is 2.04. The fraction of sp³-hybridized carbons (Fsp3) is 0.211. The molecule has 1 aromatic carbocycles. The maximum atomic E-state index is 11.9. The van der Waals surface area contributed by atoms with Gasteiger partial charge in [-0.3, -0.25) is 4.98 Å². The normalized spacial score (nSPS) is 10.4. The lowest BCUT2D eigenvalue weighted by molar-refractivity contribution is 0.240. The number of amides is 2. The number of rotatable bonds is 6. The van der Waals surface area contributed by atoms with Crippen LogP contribution in [0.15, 0.2) is 61.1 Å². The van der Waals surface area contributed by atoms with Gasteiger partial charge in [-0.25, -0.2) is 9.48 Å². The average molecular weight is 335 g/mol. The zero-order valence-corrected chi connectivity index (χ0v) is 14.1. The Labute approximate surface area is 146 Å². The van der Waals surface area contributed by atoms with Crippen LogP contribution in [0.25, 0.3) is 5.69 Å². The molecule has 0 spiro atoms. The van der Waals surface area contributed by atoms with Gasteiger partial charge in [0, 0.05) is 25.1 Å². The Balaban J connectivity index is 1.44. The Kier molecular flexibility index (Phi) is 5.41. The van der Waals surface area contributed by atoms with Gasteiger partial charge in [0.05, 0.1) is 17.9 Å². The maximum absolute atomic E-state index is 11.9. The monoisotopic (exact) mass is 335 g/mol. The molecule has 128 valence electrons. The molecule has 0 aliphatic carbocycles. The zero-order chi connectivity index (χ0) is 17.5. The summed E-state index contributed by atoms with van der Waals surface area (Å²) >= 11 is 0. The lowest BCUT2D eigenvalue weighted by Crippen LogP contribution is -2.36. The van der Waals surface area contributed by atoms with E-state index in [1.54, 1.807) is 10.9 Å². The van der Waals surface area contributed by atoms with Crippen molar-refractivity contribution in [2.24, 2.45) is 0 Å². The SMILES string of the molecule is Cc1cnccc1CCNC(=O)NCc1ccn(-c2ccccc2)n1. The Bertz CT molecular complexity index is 829. The number of para-hydroxylation sites is 1. The second-order valence-corrected chi connectivity index (χ2v) is 5.75. The summed E-state index contributed by atoms with van der Waals surface area (Å²) in [4.78, 5) is 16.0. The first-order valence-corrected chi connectivity index (χ1v) is 8.23. The molecule has 3 rings (SSSR count). The maximum Gasteiger partial charge on any atom is 0.315 e. The summed E-state index contributed by atoms with van der Waals surface area (Å²) in [7, 11) is 0. The number of aryl methyl sites for hydroxylation is 1. The molecule has 0 aliphatic heterocycles. The van der Waals surface area contributed by atoms with Crippen molar-refractivity contribution in [3.05, 3.63) is 77.9 Å². The van der Waals surface area contributed by atoms with E-state index in [0.717, 1.165) is 23.4 Å². The number of pyridine rings is 1. The van der Waals surface area contributed by atoms with Crippen LogP contribution in [0.3, 0.4) is 0 Å². The predicted octanol–water partition coefficient (Wildman–Crippen LogP) is 2.62. The molecule has 25 heavy (non-hydrogen) atoms. The van der Waals surface area contributed by atoms with Crippen LogP contribution >= 0.6 is 0 Å². The van der Waals surface area contributed by atoms with Gasteiger partial charge < -0.3 is 10.6 Å². The van der Waals surface area contributed by atoms with E-state index in [9.17, 15) is 4.79 Å². The summed E-state index contributed by atoms with van der Waals surface area (Å²) in [6.07, 6.45) is 6.27. The molecule has 0 fully saturated rings. The smallest absolute Gasteiger partial charge is 0.315 e. The number of carbonyl (C=O) groups excluding carboxylic acids is 1. The van der Waals surface area contributed by atoms with E-state index in [1.165, 1.54) is 5.56 Å². The highest BCUT2D eigenvalue weighted by Crippen LogP contribution is 2.07. The van der Waals surface area contributed by atoms with Gasteiger partial charge in [-0.05, 0) is 48.7 Å². The first kappa shape index (κ1) is 16.7. The molecular formula is C19H21N5O. The molecule has 0 aliphatic rings. The van der Waals surface area contributed by atoms with Gasteiger partial charge in [0.25, 0.3) is 0 Å². The Morgan fingerprint density at radius 3 is 2.76 bits per heavy atom. The van der Waals surface area contributed by atoms with E-state index in [0.29, 0.717) is 13.1 Å². The minimum Gasteiger partial charge on any atom is -0.338 e. The minimum atomic E-state index is -0.194. The topological polar surface area (TPSA) is 71.8 Å². The molecule has 3 aromatic rings. The zero-order valence-electron chi connectivity index (χ0n) is 14.1. The molecule has 6 heteroatoms. The molecule has 0 saturated carbocycles. The first-order chi connectivity index (χ1) is 12.2. The summed E-state index contributed by atoms with van der Waals surface area (Å²) in [5.74, 6) is 0. The predicted molar refractivity (Wildman–Crippen MR) is 96.5 cm³/mol. The molecule has 2 N–H and O–H groups in total. The summed E-state index contributed by atoms with van der Waals surface area (Å²) in [5, 5.41) is 10.1. The van der Waals surface area contributed by atoms with Gasteiger partial charge in [-0.1, -0.05) is 18.2 Å². The first-order valence-electron chi connectivity index (χ1n) is 8.23. The number of nitrogens with zero attached hydrogens (tertiary/aromatic N) is 3. The van der Waals surface area contributed by atoms with Crippen molar-refractivity contribution in [3.8, 4) is 5.69 Å². The molecule has 6 nitrogen and oxygen atoms in total. The van der Waals surface area contributed by atoms with Crippen LogP contribution in [0.5, 0.6) is 0 Å². The van der Waals surface area contributed by atoms with Crippen molar-refractivity contribution in [1.82, 2.24) is 25.4 Å². The highest BCUT2D eigenvalue weighted by atomic mass is 16.2. The van der Waals surface area contributed by atoms with E-state index >= 15 is 0 Å². The largest absolute Gasteiger partial charge is 0.338 e. The minimum absolute atomic E-state index is 0.194. The number of nitrogens with one attached hydrogen (secondary N) is 2. The van der Waals surface area contributed by atoms with E-state index in [2.05, 4.69) is 20.7 Å². The molecular weight excluding hydrogens is 314 g/mol. The molecule has 0 bridgehead atoms. The number of hydrogen-bond acceptors (Lipinski definition) is 3. The van der Waals surface area contributed by atoms with Gasteiger partial charge in [0.2, 0.25) is 0 Å². The number of aromatic nitrogens is 3. The van der Waals surface area contributed by atoms with Gasteiger partial charge in [-0.15, -0.1) is 0 Å². The van der Waals surface area contributed by atoms with Crippen LogP contribution in [0.4, 0.5) is 4.79 Å². The van der Waals surface area contributed by atoms with Crippen molar-refractivity contribution in [1.29, 1.82) is 0 Å². The molecule has 2 aromatic heterocycles. The van der Waals surface area contributed by atoms with E-state index < -0.39 is 0 Å². The molecule has 0 unspecified atom stereocenters. The molecule has 0 atom stereocenters. The lowest BCUT2D eigenvalue weighted by atomic mass is 10.1. The van der Waals surface area contributed by atoms with E-state index in [-0.39, 0.29) is 6.03 Å². The second-order valence-electron chi connectivity index (χ2n) is 5.75. The standard InChI is InChI=1S/C19H21N5O/c1-15-13-20-10-7-16(15)8-11-21-19(25)22-14-17-9-12-24(23-17)18-5-3-2-4-6-18/h2-7,9-10,12-13H,8,11,14H2,1H3,(H2,21,22,25). The summed E-state index contributed by atoms with van der Waals surface area (Å²) in [6.45, 7) is 2.99. The number of benzene rings is 1. The van der Waals surface area contributed by atoms with Crippen LogP contribution < -0.4 is 10.6 Å². The van der Waals surface area contributed by atoms with Crippen LogP contribution in [-0.4, -0.2) is 27.3 Å². The van der Waals surface area contributed by atoms with Crippen molar-refractivity contribution >= 4 is 6.03 Å². The van der Waals surface area contributed by atoms with Gasteiger partial charge >= 0.3 is 6.03 Å². The number of hydrogen-bond donors (Lipinski definition) is 2. The molecule has 2 amide bonds. The second kappa shape index (κ2) is 8.10. The third-order valence-electron chi connectivity index (χ3n) is 3.91. The van der Waals surface area contributed by atoms with Crippen LogP contribution in [0, 0.1) is 6.92 Å². The third kappa shape index (κ3) is 4.67. The third-order valence-corrected chi connectivity index (χ3v) is 3.91. The summed E-state index contributed by atoms with van der Waals surface area (Å²) in [6, 6.07) is 13.5. The molecule has 2 heterocycles. The quantitative estimate of drug-likeness (QED) is 0.727. The van der Waals surface area contributed by atoms with Gasteiger partial charge in [-0.2, -0.15) is 5.10 Å². The summed E-state index contributed by atoms with van der Waals surface area (Å²) < 4.78 is 1.79. The number of carbonyl (C=O) groups is 1. The van der Waals surface area contributed by atoms with Crippen LogP contribution in [-0.2, 0) is 13.0 Å². The highest BCUT2D eigenvalue weighted by molar-refractivity contribution is 5.73. The van der Waals surface area contributed by atoms with Crippen molar-refractivity contribution in [2.45, 2.75) is 19.9 Å². The molecule has 0 saturated heterocycles. The fourth-order valence-corrected chi connectivity index (χ4v) is 2.51. The Hall–Kier alpha value is -3.15. The van der Waals surface area contributed by atoms with Crippen molar-refractivity contribution < 1.29 is 4.79 Å². The fourth-order valence-electron chi connectivity index (χ4n) is 2.51. The van der Waals surface area contributed by atoms with Gasteiger partial charge in [0.1, 0.15) is 0 Å². The van der Waals surface area contributed by atoms with Crippen molar-refractivity contribution in [3.63, 3.8) is 0 Å². The summed E-state index contributed by atoms with van der Waals surface area (Å²) in [5.41, 5.74) is 4.13. The lowest BCUT2D eigenvalue weighted by Gasteiger charge is -2.08. The Morgan fingerprint density at radius 2 is 1.96 bits per heavy atom. The number of urea groups is 1. The van der Waals surface area contributed by atoms with E-state index in [4.69, 9.17) is 0 Å². The van der Waals surface area contributed by atoms with Crippen LogP contribution in [0.2, 0.25) is 0 Å². The molecule has 0 radical (unpaired) electrons. The van der Waals surface area contributed by atoms with E-state index in [1.807, 2.05) is 61.8 Å².